The fourth-order valence-corrected chi connectivity index (χ4v) is 3.27. The number of nitrogens with zero attached hydrogens (tertiary/aromatic N) is 4. The number of halogens is 1. The van der Waals surface area contributed by atoms with E-state index in [-0.39, 0.29) is 5.91 Å². The molecular weight excluding hydrogens is 300 g/mol. The number of fused-ring (bicyclic) bond motifs is 3. The van der Waals surface area contributed by atoms with Crippen molar-refractivity contribution in [3.8, 4) is 0 Å². The molecule has 1 saturated heterocycles. The minimum atomic E-state index is 0.0743. The van der Waals surface area contributed by atoms with E-state index in [0.29, 0.717) is 21.9 Å². The van der Waals surface area contributed by atoms with Crippen molar-refractivity contribution in [2.24, 2.45) is 0 Å². The topological polar surface area (TPSA) is 50.5 Å². The Labute approximate surface area is 132 Å². The first-order chi connectivity index (χ1) is 10.7. The van der Waals surface area contributed by atoms with Gasteiger partial charge in [-0.1, -0.05) is 11.6 Å². The van der Waals surface area contributed by atoms with E-state index in [0.717, 1.165) is 31.4 Å². The van der Waals surface area contributed by atoms with Crippen molar-refractivity contribution >= 4 is 34.2 Å². The van der Waals surface area contributed by atoms with Crippen molar-refractivity contribution in [3.05, 3.63) is 41.3 Å². The van der Waals surface area contributed by atoms with Crippen LogP contribution in [-0.2, 0) is 0 Å². The van der Waals surface area contributed by atoms with Crippen molar-refractivity contribution in [3.63, 3.8) is 0 Å². The lowest BCUT2D eigenvalue weighted by Gasteiger charge is -2.26. The summed E-state index contributed by atoms with van der Waals surface area (Å²) in [6.45, 7) is 1.68. The molecule has 0 N–H and O–H groups in total. The first-order valence-electron chi connectivity index (χ1n) is 7.45. The molecule has 1 aromatic carbocycles. The zero-order chi connectivity index (χ0) is 15.1. The smallest absolute Gasteiger partial charge is 0.253 e. The number of hydrogen-bond acceptors (Lipinski definition) is 3. The van der Waals surface area contributed by atoms with Crippen LogP contribution in [0, 0.1) is 0 Å². The summed E-state index contributed by atoms with van der Waals surface area (Å²) in [6.07, 6.45) is 6.90. The Hall–Kier alpha value is -2.14. The van der Waals surface area contributed by atoms with Crippen LogP contribution in [0.25, 0.3) is 16.7 Å². The lowest BCUT2D eigenvalue weighted by atomic mass is 10.1. The number of rotatable bonds is 1. The second-order valence-electron chi connectivity index (χ2n) is 5.58. The number of piperidine rings is 1. The van der Waals surface area contributed by atoms with Gasteiger partial charge in [0.05, 0.1) is 11.0 Å². The van der Waals surface area contributed by atoms with Crippen LogP contribution in [-0.4, -0.2) is 38.3 Å². The highest BCUT2D eigenvalue weighted by Gasteiger charge is 2.19. The predicted octanol–water partition coefficient (Wildman–Crippen LogP) is 3.16. The highest BCUT2D eigenvalue weighted by Crippen LogP contribution is 2.22. The molecule has 0 radical (unpaired) electrons. The number of amides is 1. The van der Waals surface area contributed by atoms with E-state index in [1.807, 2.05) is 33.7 Å². The van der Waals surface area contributed by atoms with Gasteiger partial charge >= 0.3 is 0 Å². The van der Waals surface area contributed by atoms with Gasteiger partial charge in [-0.2, -0.15) is 0 Å². The van der Waals surface area contributed by atoms with Crippen LogP contribution in [0.3, 0.4) is 0 Å². The van der Waals surface area contributed by atoms with Gasteiger partial charge in [-0.15, -0.1) is 0 Å². The third-order valence-electron chi connectivity index (χ3n) is 4.17. The molecule has 3 heterocycles. The Bertz CT molecular complexity index is 867. The van der Waals surface area contributed by atoms with Gasteiger partial charge in [-0.05, 0) is 37.5 Å². The highest BCUT2D eigenvalue weighted by molar-refractivity contribution is 6.32. The summed E-state index contributed by atoms with van der Waals surface area (Å²) in [5, 5.41) is 0.347. The lowest BCUT2D eigenvalue weighted by molar-refractivity contribution is 0.0724. The fraction of sp³-hybridized carbons (Fsp3) is 0.312. The zero-order valence-corrected chi connectivity index (χ0v) is 12.8. The molecule has 22 heavy (non-hydrogen) atoms. The van der Waals surface area contributed by atoms with E-state index in [1.165, 1.54) is 6.42 Å². The number of aromatic nitrogens is 3. The van der Waals surface area contributed by atoms with Crippen LogP contribution in [0.2, 0.25) is 5.15 Å². The Morgan fingerprint density at radius 1 is 1.18 bits per heavy atom. The summed E-state index contributed by atoms with van der Waals surface area (Å²) in [7, 11) is 0. The van der Waals surface area contributed by atoms with E-state index < -0.39 is 0 Å². The fourth-order valence-electron chi connectivity index (χ4n) is 3.04. The molecule has 1 fully saturated rings. The summed E-state index contributed by atoms with van der Waals surface area (Å²) in [4.78, 5) is 23.1. The van der Waals surface area contributed by atoms with E-state index in [4.69, 9.17) is 11.6 Å². The van der Waals surface area contributed by atoms with Gasteiger partial charge in [-0.3, -0.25) is 9.20 Å². The molecule has 3 aromatic rings. The van der Waals surface area contributed by atoms with Gasteiger partial charge in [0.15, 0.2) is 10.8 Å². The van der Waals surface area contributed by atoms with Crippen LogP contribution in [0.1, 0.15) is 29.6 Å². The van der Waals surface area contributed by atoms with Crippen LogP contribution < -0.4 is 0 Å². The van der Waals surface area contributed by atoms with Crippen molar-refractivity contribution in [2.75, 3.05) is 13.1 Å². The molecule has 0 atom stereocenters. The average molecular weight is 315 g/mol. The van der Waals surface area contributed by atoms with Gasteiger partial charge in [0.2, 0.25) is 0 Å². The number of carbonyl (C=O) groups is 1. The van der Waals surface area contributed by atoms with Gasteiger partial charge in [0.25, 0.3) is 5.91 Å². The molecule has 0 spiro atoms. The molecule has 0 unspecified atom stereocenters. The van der Waals surface area contributed by atoms with Crippen molar-refractivity contribution in [2.45, 2.75) is 19.3 Å². The molecule has 5 nitrogen and oxygen atoms in total. The maximum Gasteiger partial charge on any atom is 0.253 e. The number of imidazole rings is 1. The maximum atomic E-state index is 12.6. The molecular formula is C16H15ClN4O. The summed E-state index contributed by atoms with van der Waals surface area (Å²) in [6, 6.07) is 5.58. The van der Waals surface area contributed by atoms with E-state index >= 15 is 0 Å². The minimum Gasteiger partial charge on any atom is -0.339 e. The Balaban J connectivity index is 1.80. The standard InChI is InChI=1S/C16H15ClN4O/c17-14-15-18-6-9-21(15)13-5-4-11(10-12(13)19-14)16(22)20-7-2-1-3-8-20/h4-6,9-10H,1-3,7-8H2. The van der Waals surface area contributed by atoms with Gasteiger partial charge in [0.1, 0.15) is 0 Å². The second kappa shape index (κ2) is 5.25. The largest absolute Gasteiger partial charge is 0.339 e. The number of hydrogen-bond donors (Lipinski definition) is 0. The zero-order valence-electron chi connectivity index (χ0n) is 12.0. The monoisotopic (exact) mass is 314 g/mol. The molecule has 2 aromatic heterocycles. The third-order valence-corrected chi connectivity index (χ3v) is 4.42. The SMILES string of the molecule is O=C(c1ccc2c(c1)nc(Cl)c1nccn12)N1CCCCC1. The average Bonchev–Trinajstić information content (AvgIpc) is 3.05. The van der Waals surface area contributed by atoms with E-state index in [9.17, 15) is 4.79 Å². The Kier molecular flexibility index (Phi) is 3.22. The van der Waals surface area contributed by atoms with Crippen molar-refractivity contribution < 1.29 is 4.79 Å². The van der Waals surface area contributed by atoms with Crippen LogP contribution >= 0.6 is 11.6 Å². The summed E-state index contributed by atoms with van der Waals surface area (Å²) in [5.41, 5.74) is 2.90. The molecule has 6 heteroatoms. The number of likely N-dealkylation sites (tertiary alicyclic amines) is 1. The molecule has 1 amide bonds. The van der Waals surface area contributed by atoms with Crippen LogP contribution in [0.5, 0.6) is 0 Å². The summed E-state index contributed by atoms with van der Waals surface area (Å²) >= 11 is 6.17. The number of benzene rings is 1. The normalized spacial score (nSPS) is 15.6. The quantitative estimate of drug-likeness (QED) is 0.693. The van der Waals surface area contributed by atoms with Crippen molar-refractivity contribution in [1.29, 1.82) is 0 Å². The predicted molar refractivity (Wildman–Crippen MR) is 85.3 cm³/mol. The van der Waals surface area contributed by atoms with Gasteiger partial charge in [0, 0.05) is 31.0 Å². The molecule has 112 valence electrons. The molecule has 0 saturated carbocycles. The molecule has 0 aliphatic carbocycles. The first kappa shape index (κ1) is 13.5. The van der Waals surface area contributed by atoms with Crippen molar-refractivity contribution in [1.82, 2.24) is 19.3 Å². The van der Waals surface area contributed by atoms with E-state index in [2.05, 4.69) is 9.97 Å². The van der Waals surface area contributed by atoms with E-state index in [1.54, 1.807) is 6.20 Å². The minimum absolute atomic E-state index is 0.0743. The van der Waals surface area contributed by atoms with Crippen LogP contribution in [0.15, 0.2) is 30.6 Å². The molecule has 1 aliphatic heterocycles. The molecule has 4 rings (SSSR count). The summed E-state index contributed by atoms with van der Waals surface area (Å²) < 4.78 is 1.89. The lowest BCUT2D eigenvalue weighted by Crippen LogP contribution is -2.35. The van der Waals surface area contributed by atoms with Gasteiger partial charge < -0.3 is 4.90 Å². The first-order valence-corrected chi connectivity index (χ1v) is 7.83. The Morgan fingerprint density at radius 3 is 2.82 bits per heavy atom. The summed E-state index contributed by atoms with van der Waals surface area (Å²) in [5.74, 6) is 0.0743. The number of carbonyl (C=O) groups excluding carboxylic acids is 1. The van der Waals surface area contributed by atoms with Gasteiger partial charge in [-0.25, -0.2) is 9.97 Å². The van der Waals surface area contributed by atoms with Crippen LogP contribution in [0.4, 0.5) is 0 Å². The Morgan fingerprint density at radius 2 is 2.00 bits per heavy atom. The highest BCUT2D eigenvalue weighted by atomic mass is 35.5. The second-order valence-corrected chi connectivity index (χ2v) is 5.94. The molecule has 1 aliphatic rings. The third kappa shape index (κ3) is 2.13. The maximum absolute atomic E-state index is 12.6. The molecule has 0 bridgehead atoms.